The van der Waals surface area contributed by atoms with Crippen LogP contribution in [0.3, 0.4) is 0 Å². The number of esters is 2. The lowest BCUT2D eigenvalue weighted by atomic mass is 10.1. The van der Waals surface area contributed by atoms with Gasteiger partial charge in [0.25, 0.3) is 0 Å². The molecule has 3 rings (SSSR count). The van der Waals surface area contributed by atoms with Crippen molar-refractivity contribution in [2.45, 2.75) is 71.7 Å². The zero-order valence-electron chi connectivity index (χ0n) is 19.5. The zero-order chi connectivity index (χ0) is 26.1. The van der Waals surface area contributed by atoms with Gasteiger partial charge in [-0.2, -0.15) is 18.3 Å². The maximum atomic E-state index is 13.3. The van der Waals surface area contributed by atoms with Crippen LogP contribution >= 0.6 is 22.9 Å². The molecular weight excluding hydrogens is 511 g/mol. The Kier molecular flexibility index (Phi) is 8.15. The highest BCUT2D eigenvalue weighted by molar-refractivity contribution is 7.18. The molecule has 2 aromatic rings. The number of hydrogen-bond donors (Lipinski definition) is 1. The topological polar surface area (TPSA) is 99.5 Å². The summed E-state index contributed by atoms with van der Waals surface area (Å²) in [6, 6.07) is 0. The lowest BCUT2D eigenvalue weighted by Gasteiger charge is -2.11. The Morgan fingerprint density at radius 2 is 1.91 bits per heavy atom. The number of ether oxygens (including phenoxy) is 2. The number of carbonyl (C=O) groups excluding carboxylic acids is 3. The van der Waals surface area contributed by atoms with Gasteiger partial charge in [-0.05, 0) is 46.1 Å². The number of thiophene rings is 1. The number of anilines is 1. The lowest BCUT2D eigenvalue weighted by molar-refractivity contribution is -0.141. The fraction of sp³-hybridized carbons (Fsp3) is 0.545. The number of carbonyl (C=O) groups is 3. The lowest BCUT2D eigenvalue weighted by Crippen LogP contribution is -2.19. The van der Waals surface area contributed by atoms with Crippen molar-refractivity contribution in [3.8, 4) is 0 Å². The number of halogens is 4. The highest BCUT2D eigenvalue weighted by atomic mass is 35.5. The van der Waals surface area contributed by atoms with Crippen LogP contribution in [0.15, 0.2) is 0 Å². The zero-order valence-corrected chi connectivity index (χ0v) is 21.1. The molecule has 1 aliphatic rings. The van der Waals surface area contributed by atoms with Crippen molar-refractivity contribution in [1.82, 2.24) is 9.78 Å². The molecule has 2 aromatic heterocycles. The molecule has 13 heteroatoms. The highest BCUT2D eigenvalue weighted by Crippen LogP contribution is 2.47. The maximum absolute atomic E-state index is 13.3. The monoisotopic (exact) mass is 535 g/mol. The van der Waals surface area contributed by atoms with Crippen molar-refractivity contribution in [1.29, 1.82) is 0 Å². The maximum Gasteiger partial charge on any atom is 0.436 e. The molecule has 2 heterocycles. The van der Waals surface area contributed by atoms with E-state index in [0.29, 0.717) is 18.4 Å². The third-order valence-corrected chi connectivity index (χ3v) is 6.68. The molecule has 0 atom stereocenters. The van der Waals surface area contributed by atoms with Crippen LogP contribution in [0.5, 0.6) is 0 Å². The number of aryl methyl sites for hydroxylation is 1. The van der Waals surface area contributed by atoms with Gasteiger partial charge in [0.2, 0.25) is 5.91 Å². The minimum atomic E-state index is -4.71. The molecule has 1 saturated carbocycles. The van der Waals surface area contributed by atoms with E-state index in [1.807, 2.05) is 0 Å². The molecule has 0 aromatic carbocycles. The number of nitrogens with one attached hydrogen (secondary N) is 1. The van der Waals surface area contributed by atoms with Crippen molar-refractivity contribution in [2.75, 3.05) is 11.9 Å². The van der Waals surface area contributed by atoms with Gasteiger partial charge in [0.1, 0.15) is 9.88 Å². The largest absolute Gasteiger partial charge is 0.462 e. The summed E-state index contributed by atoms with van der Waals surface area (Å²) in [6.45, 7) is 6.48. The third kappa shape index (κ3) is 6.16. The molecule has 1 fully saturated rings. The van der Waals surface area contributed by atoms with Crippen molar-refractivity contribution in [3.63, 3.8) is 0 Å². The van der Waals surface area contributed by atoms with E-state index < -0.39 is 40.8 Å². The smallest absolute Gasteiger partial charge is 0.436 e. The standard InChI is InChI=1S/C22H25ClF3N3O5S/c1-5-33-21(32)17-11(4)14(20(31)34-10(2)3)19(35-17)27-13(30)8-9-29-16(12-6-7-12)15(23)18(28-29)22(24,25)26/h10,12H,5-9H2,1-4H3,(H,27,30). The molecule has 192 valence electrons. The summed E-state index contributed by atoms with van der Waals surface area (Å²) >= 11 is 6.84. The second-order valence-electron chi connectivity index (χ2n) is 8.28. The summed E-state index contributed by atoms with van der Waals surface area (Å²) in [7, 11) is 0. The molecule has 0 radical (unpaired) electrons. The Balaban J connectivity index is 1.82. The first-order chi connectivity index (χ1) is 16.3. The molecular formula is C22H25ClF3N3O5S. The average molecular weight is 536 g/mol. The fourth-order valence-corrected chi connectivity index (χ4v) is 4.96. The van der Waals surface area contributed by atoms with Gasteiger partial charge in [-0.3, -0.25) is 9.48 Å². The van der Waals surface area contributed by atoms with Gasteiger partial charge >= 0.3 is 18.1 Å². The molecule has 35 heavy (non-hydrogen) atoms. The van der Waals surface area contributed by atoms with E-state index in [1.165, 1.54) is 0 Å². The summed E-state index contributed by atoms with van der Waals surface area (Å²) in [5, 5.41) is 5.85. The van der Waals surface area contributed by atoms with Gasteiger partial charge in [0, 0.05) is 12.3 Å². The van der Waals surface area contributed by atoms with Crippen LogP contribution < -0.4 is 5.32 Å². The van der Waals surface area contributed by atoms with Gasteiger partial charge < -0.3 is 14.8 Å². The van der Waals surface area contributed by atoms with Crippen LogP contribution in [0.1, 0.15) is 82.9 Å². The van der Waals surface area contributed by atoms with Crippen LogP contribution in [0.25, 0.3) is 0 Å². The van der Waals surface area contributed by atoms with Crippen molar-refractivity contribution < 1.29 is 37.0 Å². The predicted octanol–water partition coefficient (Wildman–Crippen LogP) is 5.57. The Labute approximate surface area is 208 Å². The summed E-state index contributed by atoms with van der Waals surface area (Å²) in [5.41, 5.74) is -0.572. The van der Waals surface area contributed by atoms with Crippen LogP contribution in [0.2, 0.25) is 5.02 Å². The predicted molar refractivity (Wildman–Crippen MR) is 123 cm³/mol. The SMILES string of the molecule is CCOC(=O)c1sc(NC(=O)CCn2nc(C(F)(F)F)c(Cl)c2C2CC2)c(C(=O)OC(C)C)c1C. The fourth-order valence-electron chi connectivity index (χ4n) is 3.46. The van der Waals surface area contributed by atoms with Gasteiger partial charge in [-0.1, -0.05) is 11.6 Å². The summed E-state index contributed by atoms with van der Waals surface area (Å²) < 4.78 is 51.2. The van der Waals surface area contributed by atoms with E-state index in [2.05, 4.69) is 10.4 Å². The van der Waals surface area contributed by atoms with Crippen LogP contribution in [-0.4, -0.2) is 40.3 Å². The number of aromatic nitrogens is 2. The number of hydrogen-bond acceptors (Lipinski definition) is 7. The van der Waals surface area contributed by atoms with E-state index in [1.54, 1.807) is 27.7 Å². The van der Waals surface area contributed by atoms with E-state index >= 15 is 0 Å². The van der Waals surface area contributed by atoms with E-state index in [4.69, 9.17) is 21.1 Å². The number of amides is 1. The normalized spacial score (nSPS) is 13.7. The van der Waals surface area contributed by atoms with E-state index in [0.717, 1.165) is 16.0 Å². The first-order valence-electron chi connectivity index (χ1n) is 11.0. The molecule has 0 bridgehead atoms. The van der Waals surface area contributed by atoms with Gasteiger partial charge in [-0.25, -0.2) is 9.59 Å². The average Bonchev–Trinajstić information content (AvgIpc) is 3.43. The molecule has 8 nitrogen and oxygen atoms in total. The number of nitrogens with zero attached hydrogens (tertiary/aromatic N) is 2. The Bertz CT molecular complexity index is 1140. The molecule has 1 N–H and O–H groups in total. The molecule has 1 amide bonds. The van der Waals surface area contributed by atoms with Gasteiger partial charge in [-0.15, -0.1) is 11.3 Å². The van der Waals surface area contributed by atoms with Crippen LogP contribution in [-0.2, 0) is 27.0 Å². The number of rotatable bonds is 9. The van der Waals surface area contributed by atoms with Crippen LogP contribution in [0, 0.1) is 6.92 Å². The van der Waals surface area contributed by atoms with E-state index in [-0.39, 0.29) is 46.6 Å². The molecule has 0 saturated heterocycles. The summed E-state index contributed by atoms with van der Waals surface area (Å²) in [5.74, 6) is -2.07. The Morgan fingerprint density at radius 3 is 2.46 bits per heavy atom. The molecule has 1 aliphatic carbocycles. The Morgan fingerprint density at radius 1 is 1.26 bits per heavy atom. The molecule has 0 aliphatic heterocycles. The quantitative estimate of drug-likeness (QED) is 0.421. The molecule has 0 spiro atoms. The van der Waals surface area contributed by atoms with Gasteiger partial charge in [0.15, 0.2) is 5.69 Å². The van der Waals surface area contributed by atoms with Crippen molar-refractivity contribution >= 4 is 45.8 Å². The van der Waals surface area contributed by atoms with Crippen molar-refractivity contribution in [3.05, 3.63) is 32.4 Å². The first kappa shape index (κ1) is 27.0. The summed E-state index contributed by atoms with van der Waals surface area (Å²) in [4.78, 5) is 37.8. The minimum Gasteiger partial charge on any atom is -0.462 e. The second-order valence-corrected chi connectivity index (χ2v) is 9.67. The van der Waals surface area contributed by atoms with Crippen molar-refractivity contribution in [2.24, 2.45) is 0 Å². The minimum absolute atomic E-state index is 0.0280. The first-order valence-corrected chi connectivity index (χ1v) is 12.2. The highest BCUT2D eigenvalue weighted by Gasteiger charge is 2.42. The summed E-state index contributed by atoms with van der Waals surface area (Å²) in [6.07, 6.45) is -4.00. The second kappa shape index (κ2) is 10.6. The van der Waals surface area contributed by atoms with E-state index in [9.17, 15) is 27.6 Å². The van der Waals surface area contributed by atoms with Gasteiger partial charge in [0.05, 0.1) is 35.5 Å². The number of alkyl halides is 3. The third-order valence-electron chi connectivity index (χ3n) is 5.12. The van der Waals surface area contributed by atoms with Crippen LogP contribution in [0.4, 0.5) is 18.2 Å². The molecule has 0 unspecified atom stereocenters. The Hall–Kier alpha value is -2.60.